The first-order valence-electron chi connectivity index (χ1n) is 3.53. The Kier molecular flexibility index (Phi) is 3.96. The molecule has 0 atom stereocenters. The lowest BCUT2D eigenvalue weighted by Crippen LogP contribution is -1.87. The van der Waals surface area contributed by atoms with E-state index in [1.54, 1.807) is 36.6 Å². The monoisotopic (exact) mass is 192 g/mol. The molecule has 0 amide bonds. The third-order valence-electron chi connectivity index (χ3n) is 1.27. The van der Waals surface area contributed by atoms with Crippen LogP contribution in [0.4, 0.5) is 0 Å². The Morgan fingerprint density at radius 3 is 2.85 bits per heavy atom. The van der Waals surface area contributed by atoms with E-state index in [2.05, 4.69) is 4.98 Å². The summed E-state index contributed by atoms with van der Waals surface area (Å²) in [7, 11) is 0. The van der Waals surface area contributed by atoms with Crippen LogP contribution in [-0.4, -0.2) is 23.0 Å². The van der Waals surface area contributed by atoms with Gasteiger partial charge in [-0.05, 0) is 12.1 Å². The molecular weight excluding hydrogens is 186 g/mol. The topological polar surface area (TPSA) is 47.0 Å². The molecule has 0 bridgehead atoms. The number of hydrogen-bond acceptors (Lipinski definition) is 4. The van der Waals surface area contributed by atoms with Crippen LogP contribution in [0.5, 0.6) is 0 Å². The van der Waals surface area contributed by atoms with Crippen molar-refractivity contribution in [1.29, 1.82) is 0 Å². The van der Waals surface area contributed by atoms with Crippen molar-refractivity contribution in [2.45, 2.75) is 0 Å². The highest BCUT2D eigenvalue weighted by Crippen LogP contribution is 2.21. The molecule has 0 saturated carbocycles. The molecule has 1 radical (unpaired) electrons. The van der Waals surface area contributed by atoms with E-state index >= 15 is 0 Å². The summed E-state index contributed by atoms with van der Waals surface area (Å²) in [6.45, 7) is 0. The second-order valence-corrected chi connectivity index (χ2v) is 3.06. The van der Waals surface area contributed by atoms with Crippen LogP contribution in [0.3, 0.4) is 0 Å². The summed E-state index contributed by atoms with van der Waals surface area (Å²) in [4.78, 5) is 24.7. The third-order valence-corrected chi connectivity index (χ3v) is 2.11. The van der Waals surface area contributed by atoms with Gasteiger partial charge in [0.2, 0.25) is 6.29 Å². The molecule has 1 rings (SSSR count). The molecule has 1 heterocycles. The second-order valence-electron chi connectivity index (χ2n) is 2.08. The van der Waals surface area contributed by atoms with E-state index in [-0.39, 0.29) is 5.75 Å². The fourth-order valence-corrected chi connectivity index (χ4v) is 1.29. The number of thioether (sulfide) groups is 1. The van der Waals surface area contributed by atoms with Gasteiger partial charge in [0.15, 0.2) is 0 Å². The molecule has 4 heteroatoms. The lowest BCUT2D eigenvalue weighted by molar-refractivity contribution is 0.560. The first-order valence-corrected chi connectivity index (χ1v) is 4.51. The minimum absolute atomic E-state index is 0.126. The smallest absolute Gasteiger partial charge is 0.209 e. The average Bonchev–Trinajstić information content (AvgIpc) is 2.21. The van der Waals surface area contributed by atoms with E-state index in [1.165, 1.54) is 0 Å². The zero-order valence-electron chi connectivity index (χ0n) is 6.69. The molecule has 0 fully saturated rings. The highest BCUT2D eigenvalue weighted by molar-refractivity contribution is 8.09. The lowest BCUT2D eigenvalue weighted by atomic mass is 10.3. The molecule has 1 aromatic heterocycles. The van der Waals surface area contributed by atoms with Crippen molar-refractivity contribution in [1.82, 2.24) is 4.98 Å². The van der Waals surface area contributed by atoms with Gasteiger partial charge in [-0.2, -0.15) is 0 Å². The van der Waals surface area contributed by atoms with Crippen LogP contribution in [0, 0.1) is 0 Å². The highest BCUT2D eigenvalue weighted by Gasteiger charge is 2.03. The number of pyridine rings is 1. The molecule has 13 heavy (non-hydrogen) atoms. The predicted octanol–water partition coefficient (Wildman–Crippen LogP) is 1.10. The summed E-state index contributed by atoms with van der Waals surface area (Å²) in [5.41, 5.74) is 0.540. The number of aromatic nitrogens is 1. The molecule has 0 aliphatic carbocycles. The van der Waals surface area contributed by atoms with Crippen LogP contribution in [0.2, 0.25) is 0 Å². The van der Waals surface area contributed by atoms with Gasteiger partial charge >= 0.3 is 0 Å². The zero-order valence-corrected chi connectivity index (χ0v) is 7.50. The molecule has 0 N–H and O–H groups in total. The van der Waals surface area contributed by atoms with Crippen LogP contribution in [0.1, 0.15) is 5.69 Å². The molecule has 0 unspecified atom stereocenters. The van der Waals surface area contributed by atoms with Gasteiger partial charge in [0.05, 0.1) is 11.4 Å². The third kappa shape index (κ3) is 2.86. The van der Waals surface area contributed by atoms with Gasteiger partial charge in [0, 0.05) is 6.20 Å². The van der Waals surface area contributed by atoms with E-state index in [9.17, 15) is 9.59 Å². The molecule has 0 aliphatic heterocycles. The van der Waals surface area contributed by atoms with E-state index in [0.717, 1.165) is 11.8 Å². The maximum atomic E-state index is 10.5. The van der Waals surface area contributed by atoms with Crippen LogP contribution in [0.15, 0.2) is 24.4 Å². The van der Waals surface area contributed by atoms with Crippen LogP contribution in [0.25, 0.3) is 4.91 Å². The molecule has 1 aromatic rings. The average molecular weight is 192 g/mol. The molecule has 65 valence electrons. The summed E-state index contributed by atoms with van der Waals surface area (Å²) < 4.78 is 0. The van der Waals surface area contributed by atoms with Crippen molar-refractivity contribution in [3.05, 3.63) is 30.1 Å². The van der Waals surface area contributed by atoms with Crippen molar-refractivity contribution in [3.63, 3.8) is 0 Å². The van der Waals surface area contributed by atoms with Crippen molar-refractivity contribution < 1.29 is 9.59 Å². The van der Waals surface area contributed by atoms with Crippen molar-refractivity contribution in [3.8, 4) is 0 Å². The number of hydrogen-bond donors (Lipinski definition) is 0. The zero-order chi connectivity index (χ0) is 9.52. The molecule has 0 aliphatic rings. The SMILES string of the molecule is O=[C]CSC(=C=O)c1ccccn1. The van der Waals surface area contributed by atoms with E-state index in [1.807, 2.05) is 0 Å². The normalized spacial score (nSPS) is 8.92. The Morgan fingerprint density at radius 2 is 2.31 bits per heavy atom. The maximum Gasteiger partial charge on any atom is 0.209 e. The Balaban J connectivity index is 2.80. The summed E-state index contributed by atoms with van der Waals surface area (Å²) in [6.07, 6.45) is 3.27. The maximum absolute atomic E-state index is 10.5. The largest absolute Gasteiger partial charge is 0.290 e. The number of rotatable bonds is 4. The van der Waals surface area contributed by atoms with Crippen LogP contribution >= 0.6 is 11.8 Å². The number of carbonyl (C=O) groups excluding carboxylic acids is 2. The lowest BCUT2D eigenvalue weighted by Gasteiger charge is -1.97. The summed E-state index contributed by atoms with van der Waals surface area (Å²) >= 11 is 1.08. The molecule has 0 saturated heterocycles. The molecular formula is C9H6NO2S. The predicted molar refractivity (Wildman–Crippen MR) is 51.5 cm³/mol. The van der Waals surface area contributed by atoms with Gasteiger partial charge in [-0.3, -0.25) is 9.78 Å². The van der Waals surface area contributed by atoms with Crippen molar-refractivity contribution >= 4 is 28.9 Å². The molecule has 3 nitrogen and oxygen atoms in total. The quantitative estimate of drug-likeness (QED) is 0.670. The van der Waals surface area contributed by atoms with Gasteiger partial charge in [0.25, 0.3) is 0 Å². The number of nitrogens with zero attached hydrogens (tertiary/aromatic N) is 1. The van der Waals surface area contributed by atoms with Crippen molar-refractivity contribution in [2.75, 3.05) is 5.75 Å². The first kappa shape index (κ1) is 9.71. The Hall–Kier alpha value is -1.38. The van der Waals surface area contributed by atoms with E-state index in [0.29, 0.717) is 10.6 Å². The van der Waals surface area contributed by atoms with Crippen LogP contribution < -0.4 is 0 Å². The van der Waals surface area contributed by atoms with Gasteiger partial charge < -0.3 is 0 Å². The van der Waals surface area contributed by atoms with E-state index in [4.69, 9.17) is 0 Å². The summed E-state index contributed by atoms with van der Waals surface area (Å²) in [5.74, 6) is 1.87. The van der Waals surface area contributed by atoms with Crippen LogP contribution in [-0.2, 0) is 9.59 Å². The fourth-order valence-electron chi connectivity index (χ4n) is 0.754. The van der Waals surface area contributed by atoms with Gasteiger partial charge in [0.1, 0.15) is 10.8 Å². The Labute approximate surface area is 79.9 Å². The molecule has 0 aromatic carbocycles. The van der Waals surface area contributed by atoms with Crippen molar-refractivity contribution in [2.24, 2.45) is 0 Å². The van der Waals surface area contributed by atoms with E-state index < -0.39 is 0 Å². The Morgan fingerprint density at radius 1 is 1.46 bits per heavy atom. The minimum Gasteiger partial charge on any atom is -0.290 e. The summed E-state index contributed by atoms with van der Waals surface area (Å²) in [6, 6.07) is 5.21. The summed E-state index contributed by atoms with van der Waals surface area (Å²) in [5, 5.41) is 0. The minimum atomic E-state index is 0.126. The Bertz CT molecular complexity index is 331. The highest BCUT2D eigenvalue weighted by atomic mass is 32.2. The standard InChI is InChI=1S/C9H6NO2S/c11-5-6-13-9(7-12)8-3-1-2-4-10-8/h1-4H,6H2. The van der Waals surface area contributed by atoms with Gasteiger partial charge in [-0.15, -0.1) is 11.8 Å². The second kappa shape index (κ2) is 5.30. The first-order chi connectivity index (χ1) is 6.38. The van der Waals surface area contributed by atoms with Gasteiger partial charge in [-0.1, -0.05) is 6.07 Å². The fraction of sp³-hybridized carbons (Fsp3) is 0.111. The molecule has 0 spiro atoms. The van der Waals surface area contributed by atoms with Gasteiger partial charge in [-0.25, -0.2) is 4.79 Å².